The predicted molar refractivity (Wildman–Crippen MR) is 78.9 cm³/mol. The van der Waals surface area contributed by atoms with Gasteiger partial charge in [-0.25, -0.2) is 0 Å². The van der Waals surface area contributed by atoms with Crippen LogP contribution in [0.1, 0.15) is 33.6 Å². The Balaban J connectivity index is 2.41. The third-order valence-corrected chi connectivity index (χ3v) is 2.46. The number of ether oxygens (including phenoxy) is 1. The number of carbonyl (C=O) groups excluding carboxylic acids is 1. The van der Waals surface area contributed by atoms with Crippen LogP contribution in [0.5, 0.6) is 0 Å². The molecule has 21 heavy (non-hydrogen) atoms. The summed E-state index contributed by atoms with van der Waals surface area (Å²) in [5.41, 5.74) is -0.279. The van der Waals surface area contributed by atoms with Gasteiger partial charge in [0.05, 0.1) is 13.2 Å². The number of aromatic nitrogens is 2. The van der Waals surface area contributed by atoms with Crippen molar-refractivity contribution >= 4 is 11.9 Å². The van der Waals surface area contributed by atoms with Gasteiger partial charge in [-0.1, -0.05) is 5.10 Å². The Hall–Kier alpha value is -1.67. The van der Waals surface area contributed by atoms with Crippen molar-refractivity contribution in [3.05, 3.63) is 5.89 Å². The Labute approximate surface area is 125 Å². The van der Waals surface area contributed by atoms with E-state index in [4.69, 9.17) is 9.15 Å². The number of methoxy groups -OCH3 is 1. The van der Waals surface area contributed by atoms with Gasteiger partial charge in [-0.15, -0.1) is 5.10 Å². The highest BCUT2D eigenvalue weighted by Crippen LogP contribution is 2.08. The molecule has 3 N–H and O–H groups in total. The monoisotopic (exact) mass is 299 g/mol. The molecule has 8 nitrogen and oxygen atoms in total. The average Bonchev–Trinajstić information content (AvgIpc) is 2.80. The van der Waals surface area contributed by atoms with Crippen LogP contribution in [0.3, 0.4) is 0 Å². The standard InChI is InChI=1S/C13H25N5O3/c1-9(11(19)16-13(2,3)4)15-12-18-17-10(21-12)8-14-6-7-20-5/h9,14H,6-8H2,1-5H3,(H,15,18)(H,16,19). The second-order valence-corrected chi connectivity index (χ2v) is 5.78. The van der Waals surface area contributed by atoms with Gasteiger partial charge in [-0.2, -0.15) is 0 Å². The van der Waals surface area contributed by atoms with E-state index in [2.05, 4.69) is 26.1 Å². The van der Waals surface area contributed by atoms with Gasteiger partial charge in [0.25, 0.3) is 0 Å². The second kappa shape index (κ2) is 7.94. The molecular weight excluding hydrogens is 274 g/mol. The molecular formula is C13H25N5O3. The van der Waals surface area contributed by atoms with E-state index in [1.165, 1.54) is 0 Å². The second-order valence-electron chi connectivity index (χ2n) is 5.78. The summed E-state index contributed by atoms with van der Waals surface area (Å²) < 4.78 is 10.3. The van der Waals surface area contributed by atoms with Crippen molar-refractivity contribution in [3.8, 4) is 0 Å². The summed E-state index contributed by atoms with van der Waals surface area (Å²) in [6.45, 7) is 9.29. The summed E-state index contributed by atoms with van der Waals surface area (Å²) in [5.74, 6) is 0.331. The van der Waals surface area contributed by atoms with Crippen LogP contribution in [0.2, 0.25) is 0 Å². The molecule has 1 aromatic heterocycles. The fourth-order valence-corrected chi connectivity index (χ4v) is 1.48. The van der Waals surface area contributed by atoms with Gasteiger partial charge in [0.2, 0.25) is 11.8 Å². The lowest BCUT2D eigenvalue weighted by Gasteiger charge is -2.23. The lowest BCUT2D eigenvalue weighted by Crippen LogP contribution is -2.47. The maximum Gasteiger partial charge on any atom is 0.316 e. The summed E-state index contributed by atoms with van der Waals surface area (Å²) in [5, 5.41) is 16.6. The molecule has 0 saturated heterocycles. The minimum atomic E-state index is -0.459. The van der Waals surface area contributed by atoms with Crippen molar-refractivity contribution in [1.29, 1.82) is 0 Å². The van der Waals surface area contributed by atoms with E-state index in [0.29, 0.717) is 25.6 Å². The lowest BCUT2D eigenvalue weighted by molar-refractivity contribution is -0.122. The molecule has 1 aromatic rings. The van der Waals surface area contributed by atoms with Crippen molar-refractivity contribution in [1.82, 2.24) is 20.8 Å². The van der Waals surface area contributed by atoms with Gasteiger partial charge in [-0.3, -0.25) is 4.79 Å². The van der Waals surface area contributed by atoms with Crippen LogP contribution in [0, 0.1) is 0 Å². The number of hydrogen-bond acceptors (Lipinski definition) is 7. The van der Waals surface area contributed by atoms with Crippen LogP contribution in [0.15, 0.2) is 4.42 Å². The largest absolute Gasteiger partial charge is 0.407 e. The van der Waals surface area contributed by atoms with Crippen LogP contribution in [0.25, 0.3) is 0 Å². The molecule has 1 atom stereocenters. The molecule has 0 radical (unpaired) electrons. The van der Waals surface area contributed by atoms with Gasteiger partial charge < -0.3 is 25.1 Å². The van der Waals surface area contributed by atoms with Gasteiger partial charge >= 0.3 is 6.01 Å². The van der Waals surface area contributed by atoms with Crippen LogP contribution in [-0.4, -0.2) is 47.9 Å². The summed E-state index contributed by atoms with van der Waals surface area (Å²) in [7, 11) is 1.64. The molecule has 0 spiro atoms. The fourth-order valence-electron chi connectivity index (χ4n) is 1.48. The van der Waals surface area contributed by atoms with Gasteiger partial charge in [0, 0.05) is 19.2 Å². The summed E-state index contributed by atoms with van der Waals surface area (Å²) in [4.78, 5) is 11.9. The SMILES string of the molecule is COCCNCc1nnc(NC(C)C(=O)NC(C)(C)C)o1. The Morgan fingerprint density at radius 2 is 2.10 bits per heavy atom. The van der Waals surface area contributed by atoms with E-state index in [1.807, 2.05) is 20.8 Å². The highest BCUT2D eigenvalue weighted by molar-refractivity contribution is 5.84. The highest BCUT2D eigenvalue weighted by Gasteiger charge is 2.20. The van der Waals surface area contributed by atoms with E-state index < -0.39 is 6.04 Å². The molecule has 1 unspecified atom stereocenters. The Kier molecular flexibility index (Phi) is 6.57. The number of nitrogens with one attached hydrogen (secondary N) is 3. The zero-order chi connectivity index (χ0) is 15.9. The van der Waals surface area contributed by atoms with E-state index >= 15 is 0 Å². The minimum absolute atomic E-state index is 0.125. The van der Waals surface area contributed by atoms with Gasteiger partial charge in [-0.05, 0) is 27.7 Å². The smallest absolute Gasteiger partial charge is 0.316 e. The molecule has 1 heterocycles. The quantitative estimate of drug-likeness (QED) is 0.601. The van der Waals surface area contributed by atoms with Gasteiger partial charge in [0.1, 0.15) is 6.04 Å². The molecule has 0 fully saturated rings. The van der Waals surface area contributed by atoms with Crippen LogP contribution < -0.4 is 16.0 Å². The van der Waals surface area contributed by atoms with E-state index in [-0.39, 0.29) is 17.5 Å². The summed E-state index contributed by atoms with van der Waals surface area (Å²) in [6.07, 6.45) is 0. The first-order chi connectivity index (χ1) is 9.81. The molecule has 0 bridgehead atoms. The number of anilines is 1. The third-order valence-electron chi connectivity index (χ3n) is 2.46. The number of amides is 1. The normalized spacial score (nSPS) is 13.0. The van der Waals surface area contributed by atoms with E-state index in [9.17, 15) is 4.79 Å². The van der Waals surface area contributed by atoms with E-state index in [1.54, 1.807) is 14.0 Å². The Bertz CT molecular complexity index is 441. The Morgan fingerprint density at radius 3 is 2.71 bits per heavy atom. The molecule has 1 amide bonds. The molecule has 0 aliphatic heterocycles. The number of carbonyl (C=O) groups is 1. The van der Waals surface area contributed by atoms with Crippen molar-refractivity contribution in [2.75, 3.05) is 25.6 Å². The molecule has 8 heteroatoms. The van der Waals surface area contributed by atoms with Crippen molar-refractivity contribution in [2.24, 2.45) is 0 Å². The molecule has 120 valence electrons. The number of rotatable bonds is 8. The lowest BCUT2D eigenvalue weighted by atomic mass is 10.1. The van der Waals surface area contributed by atoms with E-state index in [0.717, 1.165) is 0 Å². The summed E-state index contributed by atoms with van der Waals surface area (Å²) >= 11 is 0. The Morgan fingerprint density at radius 1 is 1.38 bits per heavy atom. The zero-order valence-corrected chi connectivity index (χ0v) is 13.3. The first kappa shape index (κ1) is 17.4. The highest BCUT2D eigenvalue weighted by atomic mass is 16.5. The van der Waals surface area contributed by atoms with Gasteiger partial charge in [0.15, 0.2) is 0 Å². The van der Waals surface area contributed by atoms with Crippen molar-refractivity contribution in [3.63, 3.8) is 0 Å². The fraction of sp³-hybridized carbons (Fsp3) is 0.769. The van der Waals surface area contributed by atoms with Crippen LogP contribution >= 0.6 is 0 Å². The zero-order valence-electron chi connectivity index (χ0n) is 13.3. The number of hydrogen-bond donors (Lipinski definition) is 3. The molecule has 0 aromatic carbocycles. The molecule has 1 rings (SSSR count). The number of nitrogens with zero attached hydrogens (tertiary/aromatic N) is 2. The van der Waals surface area contributed by atoms with Crippen LogP contribution in [-0.2, 0) is 16.1 Å². The average molecular weight is 299 g/mol. The van der Waals surface area contributed by atoms with Crippen LogP contribution in [0.4, 0.5) is 6.01 Å². The maximum absolute atomic E-state index is 11.9. The molecule has 0 aliphatic rings. The first-order valence-electron chi connectivity index (χ1n) is 6.92. The third kappa shape index (κ3) is 7.05. The molecule has 0 aliphatic carbocycles. The first-order valence-corrected chi connectivity index (χ1v) is 6.92. The maximum atomic E-state index is 11.9. The summed E-state index contributed by atoms with van der Waals surface area (Å²) in [6, 6.07) is -0.228. The van der Waals surface area contributed by atoms with Crippen molar-refractivity contribution in [2.45, 2.75) is 45.8 Å². The topological polar surface area (TPSA) is 101 Å². The van der Waals surface area contributed by atoms with Crippen molar-refractivity contribution < 1.29 is 13.9 Å². The predicted octanol–water partition coefficient (Wildman–Crippen LogP) is 0.521. The molecule has 0 saturated carbocycles. The minimum Gasteiger partial charge on any atom is -0.407 e.